The average Bonchev–Trinajstić information content (AvgIpc) is 3.03. The van der Waals surface area contributed by atoms with E-state index in [1.807, 2.05) is 0 Å². The highest BCUT2D eigenvalue weighted by atomic mass is 16.2. The van der Waals surface area contributed by atoms with Gasteiger partial charge in [-0.25, -0.2) is 0 Å². The topological polar surface area (TPSA) is 73.2 Å². The number of rotatable bonds is 5. The van der Waals surface area contributed by atoms with E-state index in [0.717, 1.165) is 6.54 Å². The van der Waals surface area contributed by atoms with Gasteiger partial charge < -0.3 is 10.2 Å². The zero-order chi connectivity index (χ0) is 12.3. The fourth-order valence-electron chi connectivity index (χ4n) is 2.11. The van der Waals surface area contributed by atoms with Gasteiger partial charge in [-0.15, -0.1) is 0 Å². The molecule has 1 atom stereocenters. The van der Waals surface area contributed by atoms with Crippen LogP contribution >= 0.6 is 0 Å². The van der Waals surface area contributed by atoms with E-state index in [0.29, 0.717) is 31.7 Å². The molecule has 2 fully saturated rings. The summed E-state index contributed by atoms with van der Waals surface area (Å²) in [7, 11) is 0. The van der Waals surface area contributed by atoms with Crippen molar-refractivity contribution >= 4 is 11.8 Å². The summed E-state index contributed by atoms with van der Waals surface area (Å²) in [6.07, 6.45) is 3.73. The minimum absolute atomic E-state index is 0.0157. The Morgan fingerprint density at radius 2 is 2.24 bits per heavy atom. The zero-order valence-electron chi connectivity index (χ0n) is 9.82. The number of nitrogens with zero attached hydrogens (tertiary/aromatic N) is 2. The Kier molecular flexibility index (Phi) is 3.62. The molecule has 17 heavy (non-hydrogen) atoms. The number of nitrogens with one attached hydrogen (secondary N) is 1. The van der Waals surface area contributed by atoms with Gasteiger partial charge in [0, 0.05) is 19.5 Å². The van der Waals surface area contributed by atoms with Crippen LogP contribution in [0.4, 0.5) is 0 Å². The highest BCUT2D eigenvalue weighted by Crippen LogP contribution is 2.30. The van der Waals surface area contributed by atoms with Gasteiger partial charge in [0.2, 0.25) is 11.8 Å². The first-order valence-corrected chi connectivity index (χ1v) is 6.16. The highest BCUT2D eigenvalue weighted by Gasteiger charge is 2.33. The van der Waals surface area contributed by atoms with Gasteiger partial charge >= 0.3 is 0 Å². The Bertz CT molecular complexity index is 357. The second-order valence-corrected chi connectivity index (χ2v) is 4.79. The van der Waals surface area contributed by atoms with Crippen LogP contribution in [0.15, 0.2) is 0 Å². The zero-order valence-corrected chi connectivity index (χ0v) is 9.82. The van der Waals surface area contributed by atoms with Crippen molar-refractivity contribution in [3.05, 3.63) is 0 Å². The number of amides is 2. The summed E-state index contributed by atoms with van der Waals surface area (Å²) in [5, 5.41) is 11.3. The van der Waals surface area contributed by atoms with Gasteiger partial charge in [0.1, 0.15) is 6.04 Å². The van der Waals surface area contributed by atoms with Gasteiger partial charge in [0.25, 0.3) is 0 Å². The molecule has 5 heteroatoms. The molecule has 1 N–H and O–H groups in total. The van der Waals surface area contributed by atoms with Gasteiger partial charge in [-0.2, -0.15) is 5.26 Å². The minimum atomic E-state index is -0.361. The molecule has 2 aliphatic rings. The molecular formula is C12H17N3O2. The number of hydrogen-bond donors (Lipinski definition) is 1. The van der Waals surface area contributed by atoms with Gasteiger partial charge in [-0.05, 0) is 25.2 Å². The second kappa shape index (κ2) is 5.17. The molecule has 0 aromatic heterocycles. The third-order valence-corrected chi connectivity index (χ3v) is 3.27. The lowest BCUT2D eigenvalue weighted by molar-refractivity contribution is -0.134. The van der Waals surface area contributed by atoms with E-state index in [9.17, 15) is 9.59 Å². The monoisotopic (exact) mass is 235 g/mol. The van der Waals surface area contributed by atoms with Crippen LogP contribution in [-0.2, 0) is 9.59 Å². The van der Waals surface area contributed by atoms with Crippen LogP contribution in [0.1, 0.15) is 32.1 Å². The fraction of sp³-hybridized carbons (Fsp3) is 0.750. The molecule has 5 nitrogen and oxygen atoms in total. The minimum Gasteiger partial charge on any atom is -0.344 e. The maximum absolute atomic E-state index is 12.2. The normalized spacial score (nSPS) is 23.0. The lowest BCUT2D eigenvalue weighted by atomic mass is 10.2. The fourth-order valence-corrected chi connectivity index (χ4v) is 2.11. The quantitative estimate of drug-likeness (QED) is 0.750. The van der Waals surface area contributed by atoms with Crippen molar-refractivity contribution in [1.82, 2.24) is 10.2 Å². The third kappa shape index (κ3) is 3.19. The molecular weight excluding hydrogens is 218 g/mol. The molecule has 0 radical (unpaired) electrons. The van der Waals surface area contributed by atoms with Crippen LogP contribution < -0.4 is 5.32 Å². The molecule has 2 rings (SSSR count). The predicted molar refractivity (Wildman–Crippen MR) is 60.7 cm³/mol. The molecule has 1 saturated heterocycles. The van der Waals surface area contributed by atoms with Crippen molar-refractivity contribution in [2.24, 2.45) is 5.92 Å². The standard InChI is InChI=1S/C12H17N3O2/c13-6-1-7-15(8-9-2-3-9)12(17)10-4-5-11(16)14-10/h9-10H,1-5,7-8H2,(H,14,16)/t10-/m1/s1. The number of nitriles is 1. The Hall–Kier alpha value is -1.57. The van der Waals surface area contributed by atoms with E-state index in [1.165, 1.54) is 12.8 Å². The maximum Gasteiger partial charge on any atom is 0.245 e. The summed E-state index contributed by atoms with van der Waals surface area (Å²) in [6.45, 7) is 1.23. The summed E-state index contributed by atoms with van der Waals surface area (Å²) >= 11 is 0. The molecule has 0 spiro atoms. The molecule has 1 aliphatic carbocycles. The van der Waals surface area contributed by atoms with Crippen molar-refractivity contribution in [1.29, 1.82) is 5.26 Å². The number of carbonyl (C=O) groups is 2. The van der Waals surface area contributed by atoms with Crippen molar-refractivity contribution in [3.8, 4) is 6.07 Å². The molecule has 1 heterocycles. The van der Waals surface area contributed by atoms with Crippen molar-refractivity contribution in [2.45, 2.75) is 38.1 Å². The van der Waals surface area contributed by atoms with Crippen LogP contribution in [0.2, 0.25) is 0 Å². The van der Waals surface area contributed by atoms with E-state index in [1.54, 1.807) is 4.90 Å². The first-order chi connectivity index (χ1) is 8.20. The maximum atomic E-state index is 12.2. The first-order valence-electron chi connectivity index (χ1n) is 6.16. The largest absolute Gasteiger partial charge is 0.344 e. The van der Waals surface area contributed by atoms with E-state index >= 15 is 0 Å². The third-order valence-electron chi connectivity index (χ3n) is 3.27. The lowest BCUT2D eigenvalue weighted by Crippen LogP contribution is -2.45. The summed E-state index contributed by atoms with van der Waals surface area (Å²) in [5.74, 6) is 0.544. The summed E-state index contributed by atoms with van der Waals surface area (Å²) in [6, 6.07) is 1.70. The molecule has 0 aromatic carbocycles. The highest BCUT2D eigenvalue weighted by molar-refractivity contribution is 5.90. The van der Waals surface area contributed by atoms with Crippen LogP contribution in [0.5, 0.6) is 0 Å². The molecule has 1 saturated carbocycles. The van der Waals surface area contributed by atoms with Crippen LogP contribution in [-0.4, -0.2) is 35.8 Å². The number of carbonyl (C=O) groups excluding carboxylic acids is 2. The van der Waals surface area contributed by atoms with Crippen LogP contribution in [0, 0.1) is 17.2 Å². The summed E-state index contributed by atoms with van der Waals surface area (Å²) < 4.78 is 0. The smallest absolute Gasteiger partial charge is 0.245 e. The van der Waals surface area contributed by atoms with Gasteiger partial charge in [0.05, 0.1) is 12.5 Å². The average molecular weight is 235 g/mol. The SMILES string of the molecule is N#CCCN(CC1CC1)C(=O)[C@H]1CCC(=O)N1. The van der Waals surface area contributed by atoms with Crippen LogP contribution in [0.3, 0.4) is 0 Å². The van der Waals surface area contributed by atoms with Gasteiger partial charge in [-0.1, -0.05) is 0 Å². The van der Waals surface area contributed by atoms with Crippen molar-refractivity contribution < 1.29 is 9.59 Å². The Labute approximate surface area is 101 Å². The Morgan fingerprint density at radius 1 is 1.47 bits per heavy atom. The van der Waals surface area contributed by atoms with E-state index in [4.69, 9.17) is 5.26 Å². The van der Waals surface area contributed by atoms with Gasteiger partial charge in [0.15, 0.2) is 0 Å². The van der Waals surface area contributed by atoms with E-state index in [2.05, 4.69) is 11.4 Å². The second-order valence-electron chi connectivity index (χ2n) is 4.79. The first kappa shape index (κ1) is 11.9. The van der Waals surface area contributed by atoms with Gasteiger partial charge in [-0.3, -0.25) is 9.59 Å². The summed E-state index contributed by atoms with van der Waals surface area (Å²) in [4.78, 5) is 25.0. The molecule has 92 valence electrons. The molecule has 1 aliphatic heterocycles. The Balaban J connectivity index is 1.90. The lowest BCUT2D eigenvalue weighted by Gasteiger charge is -2.24. The van der Waals surface area contributed by atoms with E-state index < -0.39 is 0 Å². The van der Waals surface area contributed by atoms with Crippen molar-refractivity contribution in [2.75, 3.05) is 13.1 Å². The van der Waals surface area contributed by atoms with Crippen molar-refractivity contribution in [3.63, 3.8) is 0 Å². The van der Waals surface area contributed by atoms with E-state index in [-0.39, 0.29) is 17.9 Å². The Morgan fingerprint density at radius 3 is 2.76 bits per heavy atom. The molecule has 2 amide bonds. The number of hydrogen-bond acceptors (Lipinski definition) is 3. The molecule has 0 aromatic rings. The molecule has 0 unspecified atom stereocenters. The molecule has 0 bridgehead atoms. The predicted octanol–water partition coefficient (Wildman–Crippen LogP) is 0.417. The van der Waals surface area contributed by atoms with Crippen LogP contribution in [0.25, 0.3) is 0 Å². The summed E-state index contributed by atoms with van der Waals surface area (Å²) in [5.41, 5.74) is 0.